The highest BCUT2D eigenvalue weighted by Gasteiger charge is 2.13. The molecule has 1 N–H and O–H groups in total. The SMILES string of the molecule is c1ccc2c(-n3nnnc3SCc3nc4ccccc4[nH]3)cccc2c1. The molecule has 7 heteroatoms. The van der Waals surface area contributed by atoms with E-state index < -0.39 is 0 Å². The predicted molar refractivity (Wildman–Crippen MR) is 102 cm³/mol. The molecule has 0 aliphatic rings. The second kappa shape index (κ2) is 6.27. The summed E-state index contributed by atoms with van der Waals surface area (Å²) in [7, 11) is 0. The Balaban J connectivity index is 1.47. The molecule has 0 atom stereocenters. The molecule has 0 unspecified atom stereocenters. The number of benzene rings is 3. The van der Waals surface area contributed by atoms with Gasteiger partial charge >= 0.3 is 0 Å². The molecule has 2 heterocycles. The minimum atomic E-state index is 0.666. The van der Waals surface area contributed by atoms with Crippen LogP contribution in [0, 0.1) is 0 Å². The molecule has 0 saturated heterocycles. The second-order valence-corrected chi connectivity index (χ2v) is 6.80. The van der Waals surface area contributed by atoms with Crippen molar-refractivity contribution in [2.45, 2.75) is 10.9 Å². The first-order chi connectivity index (χ1) is 12.9. The van der Waals surface area contributed by atoms with Crippen molar-refractivity contribution in [3.05, 3.63) is 72.6 Å². The van der Waals surface area contributed by atoms with Crippen molar-refractivity contribution in [2.75, 3.05) is 0 Å². The van der Waals surface area contributed by atoms with Crippen molar-refractivity contribution < 1.29 is 0 Å². The highest BCUT2D eigenvalue weighted by atomic mass is 32.2. The quantitative estimate of drug-likeness (QED) is 0.492. The molecule has 0 spiro atoms. The van der Waals surface area contributed by atoms with Gasteiger partial charge in [-0.3, -0.25) is 0 Å². The van der Waals surface area contributed by atoms with E-state index in [1.807, 2.05) is 48.5 Å². The number of H-pyrrole nitrogens is 1. The molecule has 0 fully saturated rings. The lowest BCUT2D eigenvalue weighted by molar-refractivity contribution is 0.761. The monoisotopic (exact) mass is 358 g/mol. The largest absolute Gasteiger partial charge is 0.341 e. The molecule has 5 rings (SSSR count). The number of aromatic nitrogens is 6. The maximum absolute atomic E-state index is 4.61. The Bertz CT molecular complexity index is 1170. The number of hydrogen-bond acceptors (Lipinski definition) is 5. The molecule has 126 valence electrons. The Morgan fingerprint density at radius 1 is 0.923 bits per heavy atom. The van der Waals surface area contributed by atoms with E-state index in [0.717, 1.165) is 38.5 Å². The van der Waals surface area contributed by atoms with Crippen LogP contribution in [0.15, 0.2) is 71.9 Å². The lowest BCUT2D eigenvalue weighted by atomic mass is 10.1. The van der Waals surface area contributed by atoms with E-state index in [1.165, 1.54) is 0 Å². The van der Waals surface area contributed by atoms with Crippen LogP contribution in [0.2, 0.25) is 0 Å². The van der Waals surface area contributed by atoms with E-state index in [9.17, 15) is 0 Å². The zero-order chi connectivity index (χ0) is 17.3. The van der Waals surface area contributed by atoms with Gasteiger partial charge in [0, 0.05) is 5.39 Å². The molecule has 3 aromatic carbocycles. The highest BCUT2D eigenvalue weighted by Crippen LogP contribution is 2.26. The van der Waals surface area contributed by atoms with E-state index in [2.05, 4.69) is 43.7 Å². The number of hydrogen-bond donors (Lipinski definition) is 1. The summed E-state index contributed by atoms with van der Waals surface area (Å²) in [6, 6.07) is 22.4. The van der Waals surface area contributed by atoms with Crippen molar-refractivity contribution in [1.29, 1.82) is 0 Å². The summed E-state index contributed by atoms with van der Waals surface area (Å²) in [5, 5.41) is 15.3. The van der Waals surface area contributed by atoms with Gasteiger partial charge in [-0.1, -0.05) is 60.3 Å². The Labute approximate surface area is 153 Å². The second-order valence-electron chi connectivity index (χ2n) is 5.86. The molecule has 0 bridgehead atoms. The average Bonchev–Trinajstić information content (AvgIpc) is 3.32. The van der Waals surface area contributed by atoms with Crippen LogP contribution in [-0.4, -0.2) is 30.2 Å². The van der Waals surface area contributed by atoms with Crippen LogP contribution in [0.25, 0.3) is 27.5 Å². The van der Waals surface area contributed by atoms with Crippen LogP contribution in [0.1, 0.15) is 5.82 Å². The van der Waals surface area contributed by atoms with Gasteiger partial charge in [0.15, 0.2) is 0 Å². The summed E-state index contributed by atoms with van der Waals surface area (Å²) in [5.74, 6) is 1.57. The van der Waals surface area contributed by atoms with E-state index in [0.29, 0.717) is 5.75 Å². The topological polar surface area (TPSA) is 72.3 Å². The number of thioether (sulfide) groups is 1. The fraction of sp³-hybridized carbons (Fsp3) is 0.0526. The first kappa shape index (κ1) is 15.1. The summed E-state index contributed by atoms with van der Waals surface area (Å²) in [5.41, 5.74) is 2.98. The molecule has 5 aromatic rings. The Morgan fingerprint density at radius 3 is 2.73 bits per heavy atom. The number of aromatic amines is 1. The smallest absolute Gasteiger partial charge is 0.214 e. The number of fused-ring (bicyclic) bond motifs is 2. The Kier molecular flexibility index (Phi) is 3.64. The van der Waals surface area contributed by atoms with Crippen molar-refractivity contribution in [1.82, 2.24) is 30.2 Å². The van der Waals surface area contributed by atoms with Crippen molar-refractivity contribution in [2.24, 2.45) is 0 Å². The molecule has 0 aliphatic heterocycles. The molecular formula is C19H14N6S. The fourth-order valence-corrected chi connectivity index (χ4v) is 3.77. The number of imidazole rings is 1. The number of rotatable bonds is 4. The zero-order valence-electron chi connectivity index (χ0n) is 13.7. The summed E-state index contributed by atoms with van der Waals surface area (Å²) in [6.07, 6.45) is 0. The van der Waals surface area contributed by atoms with E-state index in [1.54, 1.807) is 16.4 Å². The molecule has 6 nitrogen and oxygen atoms in total. The Morgan fingerprint density at radius 2 is 1.77 bits per heavy atom. The van der Waals surface area contributed by atoms with Crippen molar-refractivity contribution >= 4 is 33.6 Å². The summed E-state index contributed by atoms with van der Waals surface area (Å²) >= 11 is 1.56. The minimum absolute atomic E-state index is 0.666. The fourth-order valence-electron chi connectivity index (χ4n) is 3.02. The standard InChI is InChI=1S/C19H14N6S/c1-2-8-14-13(6-1)7-5-11-17(14)25-19(22-23-24-25)26-12-18-20-15-9-3-4-10-16(15)21-18/h1-11H,12H2,(H,20,21). The van der Waals surface area contributed by atoms with E-state index in [-0.39, 0.29) is 0 Å². The lowest BCUT2D eigenvalue weighted by Crippen LogP contribution is -2.00. The summed E-state index contributed by atoms with van der Waals surface area (Å²) in [4.78, 5) is 7.95. The Hall–Kier alpha value is -3.19. The molecule has 26 heavy (non-hydrogen) atoms. The third-order valence-electron chi connectivity index (χ3n) is 4.21. The number of tetrazole rings is 1. The summed E-state index contributed by atoms with van der Waals surface area (Å²) < 4.78 is 1.79. The zero-order valence-corrected chi connectivity index (χ0v) is 14.5. The van der Waals surface area contributed by atoms with Crippen LogP contribution in [-0.2, 0) is 5.75 Å². The average molecular weight is 358 g/mol. The van der Waals surface area contributed by atoms with Crippen molar-refractivity contribution in [3.63, 3.8) is 0 Å². The van der Waals surface area contributed by atoms with Crippen LogP contribution in [0.4, 0.5) is 0 Å². The number of nitrogens with one attached hydrogen (secondary N) is 1. The van der Waals surface area contributed by atoms with Gasteiger partial charge in [-0.15, -0.1) is 5.10 Å². The van der Waals surface area contributed by atoms with Crippen LogP contribution < -0.4 is 0 Å². The molecular weight excluding hydrogens is 344 g/mol. The van der Waals surface area contributed by atoms with Gasteiger partial charge < -0.3 is 4.98 Å². The molecule has 2 aromatic heterocycles. The molecule has 0 saturated carbocycles. The minimum Gasteiger partial charge on any atom is -0.341 e. The van der Waals surface area contributed by atoms with Gasteiger partial charge in [0.1, 0.15) is 5.82 Å². The maximum Gasteiger partial charge on any atom is 0.214 e. The molecule has 0 radical (unpaired) electrons. The lowest BCUT2D eigenvalue weighted by Gasteiger charge is -2.07. The maximum atomic E-state index is 4.61. The van der Waals surface area contributed by atoms with Crippen LogP contribution in [0.5, 0.6) is 0 Å². The van der Waals surface area contributed by atoms with Gasteiger partial charge in [0.05, 0.1) is 22.5 Å². The predicted octanol–water partition coefficient (Wildman–Crippen LogP) is 3.98. The molecule has 0 aliphatic carbocycles. The van der Waals surface area contributed by atoms with Gasteiger partial charge in [-0.2, -0.15) is 4.68 Å². The number of nitrogens with zero attached hydrogens (tertiary/aromatic N) is 5. The van der Waals surface area contributed by atoms with E-state index >= 15 is 0 Å². The summed E-state index contributed by atoms with van der Waals surface area (Å²) in [6.45, 7) is 0. The van der Waals surface area contributed by atoms with Crippen LogP contribution in [0.3, 0.4) is 0 Å². The number of para-hydroxylation sites is 2. The van der Waals surface area contributed by atoms with Crippen LogP contribution >= 0.6 is 11.8 Å². The third kappa shape index (κ3) is 2.62. The highest BCUT2D eigenvalue weighted by molar-refractivity contribution is 7.98. The third-order valence-corrected chi connectivity index (χ3v) is 5.14. The first-order valence-electron chi connectivity index (χ1n) is 8.21. The van der Waals surface area contributed by atoms with Gasteiger partial charge in [0.25, 0.3) is 0 Å². The van der Waals surface area contributed by atoms with E-state index in [4.69, 9.17) is 0 Å². The first-order valence-corrected chi connectivity index (χ1v) is 9.20. The molecule has 0 amide bonds. The van der Waals surface area contributed by atoms with Gasteiger partial charge in [-0.25, -0.2) is 4.98 Å². The van der Waals surface area contributed by atoms with Gasteiger partial charge in [0.2, 0.25) is 5.16 Å². The van der Waals surface area contributed by atoms with Gasteiger partial charge in [-0.05, 0) is 34.0 Å². The normalized spacial score (nSPS) is 11.4. The van der Waals surface area contributed by atoms with Crippen molar-refractivity contribution in [3.8, 4) is 5.69 Å².